The molecule has 3 nitrogen and oxygen atoms in total. The number of nitrogens with two attached hydrogens (primary N) is 1. The number of rotatable bonds is 4. The van der Waals surface area contributed by atoms with Crippen LogP contribution in [0.4, 0.5) is 10.1 Å². The normalized spacial score (nSPS) is 14.7. The van der Waals surface area contributed by atoms with Crippen molar-refractivity contribution in [1.29, 1.82) is 0 Å². The highest BCUT2D eigenvalue weighted by atomic mass is 32.1. The van der Waals surface area contributed by atoms with Crippen LogP contribution in [-0.4, -0.2) is 23.4 Å². The van der Waals surface area contributed by atoms with Gasteiger partial charge in [-0.1, -0.05) is 6.92 Å². The predicted molar refractivity (Wildman–Crippen MR) is 80.5 cm³/mol. The molecule has 1 aromatic heterocycles. The maximum atomic E-state index is 13.3. The van der Waals surface area contributed by atoms with E-state index in [0.29, 0.717) is 22.0 Å². The molecule has 0 bridgehead atoms. The quantitative estimate of drug-likeness (QED) is 0.935. The maximum Gasteiger partial charge on any atom is 0.266 e. The number of hydrogen-bond donors (Lipinski definition) is 1. The van der Waals surface area contributed by atoms with Crippen molar-refractivity contribution in [2.45, 2.75) is 32.2 Å². The third kappa shape index (κ3) is 2.26. The Bertz CT molecular complexity index is 663. The van der Waals surface area contributed by atoms with Gasteiger partial charge in [0.15, 0.2) is 0 Å². The molecule has 20 heavy (non-hydrogen) atoms. The number of hydrogen-bond acceptors (Lipinski definition) is 3. The van der Waals surface area contributed by atoms with E-state index in [1.807, 2.05) is 4.90 Å². The largest absolute Gasteiger partial charge is 0.397 e. The first-order chi connectivity index (χ1) is 9.61. The van der Waals surface area contributed by atoms with Gasteiger partial charge in [0.1, 0.15) is 10.7 Å². The molecule has 0 aliphatic heterocycles. The Morgan fingerprint density at radius 3 is 2.90 bits per heavy atom. The Morgan fingerprint density at radius 2 is 2.25 bits per heavy atom. The fourth-order valence-corrected chi connectivity index (χ4v) is 3.51. The van der Waals surface area contributed by atoms with Crippen LogP contribution in [0.25, 0.3) is 10.1 Å². The molecule has 2 aromatic rings. The van der Waals surface area contributed by atoms with Crippen molar-refractivity contribution >= 4 is 33.0 Å². The minimum absolute atomic E-state index is 0.00606. The van der Waals surface area contributed by atoms with Gasteiger partial charge in [0.05, 0.1) is 5.69 Å². The number of thiophene rings is 1. The van der Waals surface area contributed by atoms with Crippen LogP contribution >= 0.6 is 11.3 Å². The standard InChI is InChI=1S/C15H17FN2OS/c1-2-7-18(10-4-5-10)15(19)14-13(17)11-8-9(16)3-6-12(11)20-14/h3,6,8,10H,2,4-5,7,17H2,1H3. The highest BCUT2D eigenvalue weighted by Crippen LogP contribution is 2.37. The zero-order valence-corrected chi connectivity index (χ0v) is 12.2. The van der Waals surface area contributed by atoms with E-state index in [0.717, 1.165) is 30.5 Å². The van der Waals surface area contributed by atoms with Crippen LogP contribution in [-0.2, 0) is 0 Å². The van der Waals surface area contributed by atoms with Gasteiger partial charge in [-0.2, -0.15) is 0 Å². The van der Waals surface area contributed by atoms with Gasteiger partial charge in [-0.15, -0.1) is 11.3 Å². The van der Waals surface area contributed by atoms with Crippen molar-refractivity contribution in [3.8, 4) is 0 Å². The van der Waals surface area contributed by atoms with Crippen LogP contribution in [0.3, 0.4) is 0 Å². The number of amides is 1. The molecule has 106 valence electrons. The van der Waals surface area contributed by atoms with E-state index in [9.17, 15) is 9.18 Å². The second-order valence-corrected chi connectivity index (χ2v) is 6.27. The third-order valence-electron chi connectivity index (χ3n) is 3.60. The van der Waals surface area contributed by atoms with Crippen LogP contribution in [0.1, 0.15) is 35.9 Å². The predicted octanol–water partition coefficient (Wildman–Crippen LogP) is 3.64. The number of halogens is 1. The summed E-state index contributed by atoms with van der Waals surface area (Å²) < 4.78 is 14.2. The number of carbonyl (C=O) groups is 1. The zero-order valence-electron chi connectivity index (χ0n) is 11.4. The summed E-state index contributed by atoms with van der Waals surface area (Å²) >= 11 is 1.36. The third-order valence-corrected chi connectivity index (χ3v) is 4.77. The van der Waals surface area contributed by atoms with E-state index in [1.165, 1.54) is 23.5 Å². The number of carbonyl (C=O) groups excluding carboxylic acids is 1. The summed E-state index contributed by atoms with van der Waals surface area (Å²) in [5.74, 6) is -0.331. The van der Waals surface area contributed by atoms with Crippen LogP contribution in [0.5, 0.6) is 0 Å². The SMILES string of the molecule is CCCN(C(=O)c1sc2ccc(F)cc2c1N)C1CC1. The first kappa shape index (κ1) is 13.4. The number of benzene rings is 1. The minimum atomic E-state index is -0.325. The van der Waals surface area contributed by atoms with Crippen LogP contribution in [0.2, 0.25) is 0 Å². The van der Waals surface area contributed by atoms with Gasteiger partial charge in [0.2, 0.25) is 0 Å². The molecule has 1 aliphatic rings. The van der Waals surface area contributed by atoms with E-state index in [2.05, 4.69) is 6.92 Å². The van der Waals surface area contributed by atoms with E-state index in [4.69, 9.17) is 5.73 Å². The van der Waals surface area contributed by atoms with E-state index < -0.39 is 0 Å². The highest BCUT2D eigenvalue weighted by molar-refractivity contribution is 7.21. The Kier molecular flexibility index (Phi) is 3.38. The summed E-state index contributed by atoms with van der Waals surface area (Å²) in [6.45, 7) is 2.82. The molecule has 0 radical (unpaired) electrons. The first-order valence-electron chi connectivity index (χ1n) is 6.90. The molecule has 1 aliphatic carbocycles. The van der Waals surface area contributed by atoms with Crippen molar-refractivity contribution in [3.05, 3.63) is 28.9 Å². The smallest absolute Gasteiger partial charge is 0.266 e. The number of anilines is 1. The van der Waals surface area contributed by atoms with Gasteiger partial charge < -0.3 is 10.6 Å². The number of fused-ring (bicyclic) bond motifs is 1. The molecule has 0 unspecified atom stereocenters. The molecule has 3 rings (SSSR count). The average molecular weight is 292 g/mol. The first-order valence-corrected chi connectivity index (χ1v) is 7.72. The summed E-state index contributed by atoms with van der Waals surface area (Å²) in [4.78, 5) is 15.1. The van der Waals surface area contributed by atoms with Crippen molar-refractivity contribution < 1.29 is 9.18 Å². The average Bonchev–Trinajstić information content (AvgIpc) is 3.22. The van der Waals surface area contributed by atoms with Crippen molar-refractivity contribution in [2.24, 2.45) is 0 Å². The second kappa shape index (κ2) is 5.05. The molecule has 0 saturated heterocycles. The molecule has 0 atom stereocenters. The van der Waals surface area contributed by atoms with Crippen molar-refractivity contribution in [1.82, 2.24) is 4.90 Å². The van der Waals surface area contributed by atoms with Crippen molar-refractivity contribution in [2.75, 3.05) is 12.3 Å². The molecule has 0 spiro atoms. The van der Waals surface area contributed by atoms with Gasteiger partial charge in [0.25, 0.3) is 5.91 Å². The maximum absolute atomic E-state index is 13.3. The summed E-state index contributed by atoms with van der Waals surface area (Å²) in [5.41, 5.74) is 6.47. The lowest BCUT2D eigenvalue weighted by Gasteiger charge is -2.21. The molecule has 5 heteroatoms. The second-order valence-electron chi connectivity index (χ2n) is 5.22. The van der Waals surface area contributed by atoms with Crippen molar-refractivity contribution in [3.63, 3.8) is 0 Å². The monoisotopic (exact) mass is 292 g/mol. The molecule has 2 N–H and O–H groups in total. The Hall–Kier alpha value is -1.62. The lowest BCUT2D eigenvalue weighted by atomic mass is 10.2. The zero-order chi connectivity index (χ0) is 14.3. The van der Waals surface area contributed by atoms with Crippen LogP contribution < -0.4 is 5.73 Å². The van der Waals surface area contributed by atoms with Crippen LogP contribution in [0, 0.1) is 5.82 Å². The Morgan fingerprint density at radius 1 is 1.50 bits per heavy atom. The molecular weight excluding hydrogens is 275 g/mol. The lowest BCUT2D eigenvalue weighted by molar-refractivity contribution is 0.0749. The number of nitrogens with zero attached hydrogens (tertiary/aromatic N) is 1. The minimum Gasteiger partial charge on any atom is -0.397 e. The van der Waals surface area contributed by atoms with Gasteiger partial charge in [-0.3, -0.25) is 4.79 Å². The summed E-state index contributed by atoms with van der Waals surface area (Å²) in [6.07, 6.45) is 3.08. The van der Waals surface area contributed by atoms with Gasteiger partial charge in [-0.25, -0.2) is 4.39 Å². The van der Waals surface area contributed by atoms with E-state index >= 15 is 0 Å². The fourth-order valence-electron chi connectivity index (χ4n) is 2.46. The summed E-state index contributed by atoms with van der Waals surface area (Å²) in [6, 6.07) is 4.85. The Balaban J connectivity index is 2.00. The fraction of sp³-hybridized carbons (Fsp3) is 0.400. The molecule has 1 saturated carbocycles. The number of nitrogen functional groups attached to an aromatic ring is 1. The molecule has 1 fully saturated rings. The topological polar surface area (TPSA) is 46.3 Å². The summed E-state index contributed by atoms with van der Waals surface area (Å²) in [7, 11) is 0. The van der Waals surface area contributed by atoms with Gasteiger partial charge >= 0.3 is 0 Å². The summed E-state index contributed by atoms with van der Waals surface area (Å²) in [5, 5.41) is 0.644. The van der Waals surface area contributed by atoms with Crippen LogP contribution in [0.15, 0.2) is 18.2 Å². The van der Waals surface area contributed by atoms with E-state index in [1.54, 1.807) is 6.07 Å². The molecular formula is C15H17FN2OS. The van der Waals surface area contributed by atoms with Gasteiger partial charge in [0, 0.05) is 22.7 Å². The highest BCUT2D eigenvalue weighted by Gasteiger charge is 2.34. The van der Waals surface area contributed by atoms with E-state index in [-0.39, 0.29) is 11.7 Å². The molecule has 1 amide bonds. The molecule has 1 aromatic carbocycles. The Labute approximate surface area is 121 Å². The lowest BCUT2D eigenvalue weighted by Crippen LogP contribution is -2.33. The molecule has 1 heterocycles. The van der Waals surface area contributed by atoms with Gasteiger partial charge in [-0.05, 0) is 37.5 Å².